The molecule has 0 aliphatic rings. The third-order valence-corrected chi connectivity index (χ3v) is 5.27. The minimum Gasteiger partial charge on any atom is -0.478 e. The van der Waals surface area contributed by atoms with Crippen LogP contribution in [0.5, 0.6) is 0 Å². The lowest BCUT2D eigenvalue weighted by Gasteiger charge is -2.19. The van der Waals surface area contributed by atoms with Crippen molar-refractivity contribution in [2.75, 3.05) is 0 Å². The minimum atomic E-state index is -0.920. The van der Waals surface area contributed by atoms with Gasteiger partial charge >= 0.3 is 5.97 Å². The lowest BCUT2D eigenvalue weighted by atomic mass is 9.87. The summed E-state index contributed by atoms with van der Waals surface area (Å²) in [6.07, 6.45) is 1.87. The Morgan fingerprint density at radius 1 is 0.966 bits per heavy atom. The van der Waals surface area contributed by atoms with Crippen LogP contribution in [-0.2, 0) is 12.0 Å². The molecule has 4 aromatic rings. The Bertz CT molecular complexity index is 1160. The van der Waals surface area contributed by atoms with Crippen molar-refractivity contribution in [1.82, 2.24) is 9.55 Å². The molecule has 0 saturated carbocycles. The van der Waals surface area contributed by atoms with Gasteiger partial charge < -0.3 is 9.67 Å². The number of carbonyl (C=O) groups is 1. The van der Waals surface area contributed by atoms with Gasteiger partial charge in [0.15, 0.2) is 0 Å². The van der Waals surface area contributed by atoms with E-state index < -0.39 is 5.97 Å². The van der Waals surface area contributed by atoms with Crippen LogP contribution >= 0.6 is 0 Å². The standard InChI is InChI=1S/C25H24N2O2/c1-25(2,3)20-13-7-17(8-14-20)15-27-16-26-23-21(5-4-6-22(23)27)18-9-11-19(12-10-18)24(28)29/h4-14,16H,15H2,1-3H3,(H,28,29). The van der Waals surface area contributed by atoms with Crippen LogP contribution in [0.4, 0.5) is 0 Å². The number of aromatic nitrogens is 2. The lowest BCUT2D eigenvalue weighted by molar-refractivity contribution is 0.0697. The van der Waals surface area contributed by atoms with Crippen LogP contribution in [0, 0.1) is 0 Å². The van der Waals surface area contributed by atoms with Crippen molar-refractivity contribution >= 4 is 17.0 Å². The highest BCUT2D eigenvalue weighted by Crippen LogP contribution is 2.29. The number of hydrogen-bond acceptors (Lipinski definition) is 2. The molecule has 3 aromatic carbocycles. The highest BCUT2D eigenvalue weighted by molar-refractivity contribution is 5.93. The van der Waals surface area contributed by atoms with Gasteiger partial charge in [0.05, 0.1) is 22.9 Å². The largest absolute Gasteiger partial charge is 0.478 e. The van der Waals surface area contributed by atoms with E-state index in [0.717, 1.165) is 28.7 Å². The first-order valence-corrected chi connectivity index (χ1v) is 9.70. The molecular formula is C25H24N2O2. The minimum absolute atomic E-state index is 0.144. The summed E-state index contributed by atoms with van der Waals surface area (Å²) in [5.74, 6) is -0.920. The first-order valence-electron chi connectivity index (χ1n) is 9.70. The molecule has 0 aliphatic carbocycles. The fraction of sp³-hybridized carbons (Fsp3) is 0.200. The van der Waals surface area contributed by atoms with E-state index in [0.29, 0.717) is 0 Å². The predicted octanol–water partition coefficient (Wildman–Crippen LogP) is 5.75. The Labute approximate surface area is 170 Å². The van der Waals surface area contributed by atoms with Crippen LogP contribution in [0.1, 0.15) is 42.3 Å². The summed E-state index contributed by atoms with van der Waals surface area (Å²) >= 11 is 0. The van der Waals surface area contributed by atoms with Crippen molar-refractivity contribution in [3.8, 4) is 11.1 Å². The molecule has 29 heavy (non-hydrogen) atoms. The molecular weight excluding hydrogens is 360 g/mol. The van der Waals surface area contributed by atoms with E-state index in [1.54, 1.807) is 12.1 Å². The van der Waals surface area contributed by atoms with Crippen molar-refractivity contribution in [1.29, 1.82) is 0 Å². The van der Waals surface area contributed by atoms with Crippen LogP contribution in [0.25, 0.3) is 22.2 Å². The molecule has 4 rings (SSSR count). The molecule has 0 radical (unpaired) electrons. The Kier molecular flexibility index (Phi) is 4.71. The number of aromatic carboxylic acids is 1. The second-order valence-electron chi connectivity index (χ2n) is 8.38. The van der Waals surface area contributed by atoms with E-state index in [1.165, 1.54) is 11.1 Å². The van der Waals surface area contributed by atoms with E-state index in [9.17, 15) is 4.79 Å². The average Bonchev–Trinajstić information content (AvgIpc) is 3.11. The second kappa shape index (κ2) is 7.21. The van der Waals surface area contributed by atoms with E-state index >= 15 is 0 Å². The predicted molar refractivity (Wildman–Crippen MR) is 116 cm³/mol. The summed E-state index contributed by atoms with van der Waals surface area (Å²) < 4.78 is 2.15. The first kappa shape index (κ1) is 18.9. The summed E-state index contributed by atoms with van der Waals surface area (Å²) in [6, 6.07) is 21.8. The van der Waals surface area contributed by atoms with Crippen molar-refractivity contribution in [2.24, 2.45) is 0 Å². The molecule has 1 aromatic heterocycles. The summed E-state index contributed by atoms with van der Waals surface area (Å²) in [6.45, 7) is 7.41. The number of carboxylic acids is 1. The van der Waals surface area contributed by atoms with Crippen LogP contribution in [0.3, 0.4) is 0 Å². The van der Waals surface area contributed by atoms with Gasteiger partial charge in [-0.05, 0) is 40.3 Å². The number of carboxylic acid groups (broad SMARTS) is 1. The van der Waals surface area contributed by atoms with E-state index in [-0.39, 0.29) is 11.0 Å². The van der Waals surface area contributed by atoms with Gasteiger partial charge in [-0.25, -0.2) is 9.78 Å². The highest BCUT2D eigenvalue weighted by Gasteiger charge is 2.14. The fourth-order valence-corrected chi connectivity index (χ4v) is 3.55. The fourth-order valence-electron chi connectivity index (χ4n) is 3.55. The molecule has 4 heteroatoms. The van der Waals surface area contributed by atoms with Gasteiger partial charge in [0.25, 0.3) is 0 Å². The van der Waals surface area contributed by atoms with Crippen LogP contribution in [0.2, 0.25) is 0 Å². The monoisotopic (exact) mass is 384 g/mol. The molecule has 0 spiro atoms. The van der Waals surface area contributed by atoms with Crippen molar-refractivity contribution in [3.63, 3.8) is 0 Å². The van der Waals surface area contributed by atoms with Crippen molar-refractivity contribution in [3.05, 3.63) is 89.7 Å². The van der Waals surface area contributed by atoms with E-state index in [2.05, 4.69) is 60.7 Å². The molecule has 0 saturated heterocycles. The Balaban J connectivity index is 1.66. The van der Waals surface area contributed by atoms with E-state index in [1.807, 2.05) is 30.6 Å². The van der Waals surface area contributed by atoms with Gasteiger partial charge in [0.2, 0.25) is 0 Å². The highest BCUT2D eigenvalue weighted by atomic mass is 16.4. The maximum atomic E-state index is 11.1. The van der Waals surface area contributed by atoms with Gasteiger partial charge in [0, 0.05) is 12.1 Å². The SMILES string of the molecule is CC(C)(C)c1ccc(Cn2cnc3c(-c4ccc(C(=O)O)cc4)cccc32)cc1. The molecule has 0 atom stereocenters. The molecule has 1 N–H and O–H groups in total. The number of fused-ring (bicyclic) bond motifs is 1. The van der Waals surface area contributed by atoms with Crippen LogP contribution < -0.4 is 0 Å². The Morgan fingerprint density at radius 3 is 2.28 bits per heavy atom. The number of hydrogen-bond donors (Lipinski definition) is 1. The first-order chi connectivity index (χ1) is 13.8. The zero-order valence-corrected chi connectivity index (χ0v) is 16.9. The van der Waals surface area contributed by atoms with Crippen LogP contribution in [0.15, 0.2) is 73.1 Å². The smallest absolute Gasteiger partial charge is 0.335 e. The number of imidazole rings is 1. The van der Waals surface area contributed by atoms with Crippen LogP contribution in [-0.4, -0.2) is 20.6 Å². The third-order valence-electron chi connectivity index (χ3n) is 5.27. The quantitative estimate of drug-likeness (QED) is 0.487. The molecule has 0 unspecified atom stereocenters. The number of para-hydroxylation sites is 1. The number of benzene rings is 3. The zero-order chi connectivity index (χ0) is 20.6. The molecule has 0 bridgehead atoms. The lowest BCUT2D eigenvalue weighted by Crippen LogP contribution is -2.10. The number of nitrogens with zero attached hydrogens (tertiary/aromatic N) is 2. The van der Waals surface area contributed by atoms with Crippen molar-refractivity contribution < 1.29 is 9.90 Å². The molecule has 1 heterocycles. The maximum absolute atomic E-state index is 11.1. The second-order valence-corrected chi connectivity index (χ2v) is 8.38. The summed E-state index contributed by atoms with van der Waals surface area (Å²) in [5, 5.41) is 9.11. The summed E-state index contributed by atoms with van der Waals surface area (Å²) in [7, 11) is 0. The normalized spacial score (nSPS) is 11.7. The van der Waals surface area contributed by atoms with Crippen molar-refractivity contribution in [2.45, 2.75) is 32.7 Å². The van der Waals surface area contributed by atoms with Gasteiger partial charge in [-0.3, -0.25) is 0 Å². The topological polar surface area (TPSA) is 55.1 Å². The zero-order valence-electron chi connectivity index (χ0n) is 16.9. The van der Waals surface area contributed by atoms with Gasteiger partial charge in [-0.2, -0.15) is 0 Å². The Hall–Kier alpha value is -3.40. The molecule has 4 nitrogen and oxygen atoms in total. The molecule has 0 amide bonds. The maximum Gasteiger partial charge on any atom is 0.335 e. The number of rotatable bonds is 4. The van der Waals surface area contributed by atoms with Gasteiger partial charge in [0.1, 0.15) is 0 Å². The summed E-state index contributed by atoms with van der Waals surface area (Å²) in [5.41, 5.74) is 6.92. The molecule has 0 aliphatic heterocycles. The van der Waals surface area contributed by atoms with Gasteiger partial charge in [-0.15, -0.1) is 0 Å². The summed E-state index contributed by atoms with van der Waals surface area (Å²) in [4.78, 5) is 15.8. The Morgan fingerprint density at radius 2 is 1.66 bits per heavy atom. The molecule has 0 fully saturated rings. The van der Waals surface area contributed by atoms with E-state index in [4.69, 9.17) is 5.11 Å². The third kappa shape index (κ3) is 3.79. The average molecular weight is 384 g/mol. The molecule has 146 valence electrons. The van der Waals surface area contributed by atoms with Gasteiger partial charge in [-0.1, -0.05) is 69.3 Å².